The van der Waals surface area contributed by atoms with E-state index in [2.05, 4.69) is 25.4 Å². The van der Waals surface area contributed by atoms with Gasteiger partial charge in [-0.3, -0.25) is 4.68 Å². The third-order valence-electron chi connectivity index (χ3n) is 3.99. The Morgan fingerprint density at radius 2 is 1.86 bits per heavy atom. The number of guanidine groups is 1. The minimum absolute atomic E-state index is 0. The monoisotopic (exact) mass is 534 g/mol. The average molecular weight is 534 g/mol. The van der Waals surface area contributed by atoms with Crippen LogP contribution in [0, 0.1) is 0 Å². The fourth-order valence-corrected chi connectivity index (χ4v) is 4.21. The Kier molecular flexibility index (Phi) is 10.6. The van der Waals surface area contributed by atoms with E-state index in [0.717, 1.165) is 23.4 Å². The Morgan fingerprint density at radius 1 is 1.17 bits per heavy atom. The van der Waals surface area contributed by atoms with Crippen LogP contribution in [0.5, 0.6) is 0 Å². The topological polar surface area (TPSA) is 100 Å². The van der Waals surface area contributed by atoms with Gasteiger partial charge in [0.05, 0.1) is 24.5 Å². The third-order valence-corrected chi connectivity index (χ3v) is 5.51. The molecule has 0 radical (unpaired) electrons. The molecule has 1 aromatic heterocycles. The minimum Gasteiger partial charge on any atom is -0.357 e. The fourth-order valence-electron chi connectivity index (χ4n) is 2.71. The van der Waals surface area contributed by atoms with Crippen molar-refractivity contribution in [1.82, 2.24) is 25.1 Å². The zero-order valence-corrected chi connectivity index (χ0v) is 20.5. The number of benzene rings is 1. The summed E-state index contributed by atoms with van der Waals surface area (Å²) in [6.45, 7) is 7.32. The largest absolute Gasteiger partial charge is 0.357 e. The summed E-state index contributed by atoms with van der Waals surface area (Å²) < 4.78 is 29.0. The molecule has 0 unspecified atom stereocenters. The summed E-state index contributed by atoms with van der Waals surface area (Å²) in [4.78, 5) is 4.61. The molecule has 0 aliphatic rings. The number of hydrogen-bond acceptors (Lipinski definition) is 4. The summed E-state index contributed by atoms with van der Waals surface area (Å²) in [5.41, 5.74) is 2.67. The van der Waals surface area contributed by atoms with E-state index in [1.54, 1.807) is 10.9 Å². The van der Waals surface area contributed by atoms with Gasteiger partial charge in [-0.05, 0) is 38.0 Å². The molecular formula is C19H31IN6O2S. The van der Waals surface area contributed by atoms with Gasteiger partial charge in [-0.15, -0.1) is 24.0 Å². The molecule has 0 spiro atoms. The van der Waals surface area contributed by atoms with Gasteiger partial charge < -0.3 is 10.6 Å². The Morgan fingerprint density at radius 3 is 2.45 bits per heavy atom. The van der Waals surface area contributed by atoms with E-state index in [0.29, 0.717) is 19.0 Å². The van der Waals surface area contributed by atoms with Crippen molar-refractivity contribution in [2.24, 2.45) is 12.0 Å². The second kappa shape index (κ2) is 12.1. The van der Waals surface area contributed by atoms with Crippen LogP contribution in [-0.4, -0.2) is 36.7 Å². The number of sulfonamides is 1. The van der Waals surface area contributed by atoms with E-state index >= 15 is 0 Å². The molecule has 1 aromatic carbocycles. The zero-order valence-electron chi connectivity index (χ0n) is 17.3. The van der Waals surface area contributed by atoms with Crippen molar-refractivity contribution in [2.45, 2.75) is 45.7 Å². The van der Waals surface area contributed by atoms with Gasteiger partial charge in [0.2, 0.25) is 10.0 Å². The number of rotatable bonds is 9. The van der Waals surface area contributed by atoms with Crippen LogP contribution >= 0.6 is 24.0 Å². The smallest absolute Gasteiger partial charge is 0.216 e. The van der Waals surface area contributed by atoms with Crippen LogP contribution in [0.4, 0.5) is 0 Å². The maximum Gasteiger partial charge on any atom is 0.216 e. The number of aliphatic imine (C=N–C) groups is 1. The van der Waals surface area contributed by atoms with Gasteiger partial charge in [-0.25, -0.2) is 18.1 Å². The van der Waals surface area contributed by atoms with Gasteiger partial charge in [-0.1, -0.05) is 24.3 Å². The van der Waals surface area contributed by atoms with Crippen molar-refractivity contribution in [3.05, 3.63) is 53.3 Å². The lowest BCUT2D eigenvalue weighted by Gasteiger charge is -2.14. The molecule has 2 rings (SSSR count). The average Bonchev–Trinajstić information content (AvgIpc) is 3.02. The van der Waals surface area contributed by atoms with Crippen LogP contribution in [0.3, 0.4) is 0 Å². The van der Waals surface area contributed by atoms with Crippen LogP contribution in [0.2, 0.25) is 0 Å². The highest BCUT2D eigenvalue weighted by atomic mass is 127. The molecule has 29 heavy (non-hydrogen) atoms. The van der Waals surface area contributed by atoms with Crippen molar-refractivity contribution >= 4 is 40.0 Å². The molecule has 10 heteroatoms. The highest BCUT2D eigenvalue weighted by Gasteiger charge is 2.15. The minimum atomic E-state index is -3.39. The number of aromatic nitrogens is 2. The Hall–Kier alpha value is -1.66. The van der Waals surface area contributed by atoms with E-state index < -0.39 is 10.0 Å². The van der Waals surface area contributed by atoms with Gasteiger partial charge >= 0.3 is 0 Å². The van der Waals surface area contributed by atoms with Crippen molar-refractivity contribution in [2.75, 3.05) is 6.54 Å². The molecule has 8 nitrogen and oxygen atoms in total. The summed E-state index contributed by atoms with van der Waals surface area (Å²) in [6, 6.07) is 9.30. The van der Waals surface area contributed by atoms with E-state index in [-0.39, 0.29) is 35.8 Å². The number of hydrogen-bond donors (Lipinski definition) is 3. The molecule has 2 aromatic rings. The standard InChI is InChI=1S/C19H30N6O2S.HI/c1-5-20-19(22-13-18-10-11-23-25(18)4)21-12-16-8-6-7-9-17(16)14-28(26,27)24-15(2)3;/h6-11,15,24H,5,12-14H2,1-4H3,(H2,20,21,22);1H. The van der Waals surface area contributed by atoms with Crippen molar-refractivity contribution in [3.8, 4) is 0 Å². The Bertz CT molecular complexity index is 896. The second-order valence-corrected chi connectivity index (χ2v) is 8.55. The quantitative estimate of drug-likeness (QED) is 0.260. The Labute approximate surface area is 190 Å². The summed E-state index contributed by atoms with van der Waals surface area (Å²) in [5, 5.41) is 10.6. The van der Waals surface area contributed by atoms with Gasteiger partial charge in [0.1, 0.15) is 0 Å². The summed E-state index contributed by atoms with van der Waals surface area (Å²) >= 11 is 0. The predicted octanol–water partition coefficient (Wildman–Crippen LogP) is 2.12. The number of nitrogens with one attached hydrogen (secondary N) is 3. The van der Waals surface area contributed by atoms with Gasteiger partial charge in [0.25, 0.3) is 0 Å². The van der Waals surface area contributed by atoms with Crippen molar-refractivity contribution in [3.63, 3.8) is 0 Å². The predicted molar refractivity (Wildman–Crippen MR) is 128 cm³/mol. The first-order chi connectivity index (χ1) is 13.3. The van der Waals surface area contributed by atoms with E-state index in [1.807, 2.05) is 58.2 Å². The SMILES string of the molecule is CCNC(=NCc1ccccc1CS(=O)(=O)NC(C)C)NCc1ccnn1C.I. The normalized spacial score (nSPS) is 12.0. The molecule has 0 saturated heterocycles. The molecule has 0 bridgehead atoms. The van der Waals surface area contributed by atoms with Crippen LogP contribution in [-0.2, 0) is 35.9 Å². The van der Waals surface area contributed by atoms with Crippen molar-refractivity contribution in [1.29, 1.82) is 0 Å². The lowest BCUT2D eigenvalue weighted by atomic mass is 10.1. The summed E-state index contributed by atoms with van der Waals surface area (Å²) in [7, 11) is -1.50. The van der Waals surface area contributed by atoms with Crippen LogP contribution in [0.25, 0.3) is 0 Å². The van der Waals surface area contributed by atoms with Crippen LogP contribution in [0.1, 0.15) is 37.6 Å². The molecular weight excluding hydrogens is 503 g/mol. The van der Waals surface area contributed by atoms with Crippen molar-refractivity contribution < 1.29 is 8.42 Å². The van der Waals surface area contributed by atoms with Gasteiger partial charge in [0, 0.05) is 25.8 Å². The highest BCUT2D eigenvalue weighted by molar-refractivity contribution is 14.0. The highest BCUT2D eigenvalue weighted by Crippen LogP contribution is 2.13. The first kappa shape index (κ1) is 25.4. The zero-order chi connectivity index (χ0) is 20.6. The van der Waals surface area contributed by atoms with Gasteiger partial charge in [-0.2, -0.15) is 5.10 Å². The molecule has 0 saturated carbocycles. The maximum atomic E-state index is 12.3. The molecule has 162 valence electrons. The number of aryl methyl sites for hydroxylation is 1. The lowest BCUT2D eigenvalue weighted by molar-refractivity contribution is 0.569. The molecule has 0 atom stereocenters. The lowest BCUT2D eigenvalue weighted by Crippen LogP contribution is -2.37. The number of halogens is 1. The van der Waals surface area contributed by atoms with E-state index in [4.69, 9.17) is 0 Å². The molecule has 0 amide bonds. The number of nitrogens with zero attached hydrogens (tertiary/aromatic N) is 3. The molecule has 3 N–H and O–H groups in total. The second-order valence-electron chi connectivity index (χ2n) is 6.80. The van der Waals surface area contributed by atoms with Crippen LogP contribution in [0.15, 0.2) is 41.5 Å². The molecule has 0 fully saturated rings. The summed E-state index contributed by atoms with van der Waals surface area (Å²) in [6.07, 6.45) is 1.75. The molecule has 1 heterocycles. The third kappa shape index (κ3) is 8.70. The van der Waals surface area contributed by atoms with Gasteiger partial charge in [0.15, 0.2) is 5.96 Å². The molecule has 0 aliphatic carbocycles. The maximum absolute atomic E-state index is 12.3. The first-order valence-electron chi connectivity index (χ1n) is 9.36. The summed E-state index contributed by atoms with van der Waals surface area (Å²) in [5.74, 6) is 0.609. The first-order valence-corrected chi connectivity index (χ1v) is 11.0. The Balaban J connectivity index is 0.00000420. The van der Waals surface area contributed by atoms with E-state index in [9.17, 15) is 8.42 Å². The molecule has 0 aliphatic heterocycles. The van der Waals surface area contributed by atoms with E-state index in [1.165, 1.54) is 0 Å². The fraction of sp³-hybridized carbons (Fsp3) is 0.474. The van der Waals surface area contributed by atoms with Crippen LogP contribution < -0.4 is 15.4 Å².